The number of carboxylic acid groups (broad SMARTS) is 2. The van der Waals surface area contributed by atoms with Gasteiger partial charge in [-0.1, -0.05) is 72.8 Å². The maximum atomic E-state index is 8.89. The van der Waals surface area contributed by atoms with Crippen LogP contribution in [-0.4, -0.2) is 11.9 Å². The summed E-state index contributed by atoms with van der Waals surface area (Å²) in [5, 5.41) is 17.8. The van der Waals surface area contributed by atoms with Crippen LogP contribution in [0.25, 0.3) is 33.4 Å². The zero-order valence-electron chi connectivity index (χ0n) is 28.3. The standard InChI is InChI=1S/3C12H12N2.2C2H4O2.Pd/c3*13-11-5-1-9(2-6-11)10-3-7-12(14)8-4-10;2*1-2(3)4;/h3*1-8H,13-14H2;2*1H3,(H,3,4);/q;;;;;+2/p-2. The van der Waals surface area contributed by atoms with Gasteiger partial charge in [-0.2, -0.15) is 0 Å². The minimum Gasteiger partial charge on any atom is -0.550 e. The van der Waals surface area contributed by atoms with Crippen LogP contribution >= 0.6 is 0 Å². The van der Waals surface area contributed by atoms with Gasteiger partial charge in [0.15, 0.2) is 0 Å². The summed E-state index contributed by atoms with van der Waals surface area (Å²) in [6.07, 6.45) is 0. The summed E-state index contributed by atoms with van der Waals surface area (Å²) in [6, 6.07) is 46.7. The third-order valence-electron chi connectivity index (χ3n) is 6.46. The summed E-state index contributed by atoms with van der Waals surface area (Å²) in [7, 11) is 0. The van der Waals surface area contributed by atoms with Crippen molar-refractivity contribution in [1.29, 1.82) is 0 Å². The van der Waals surface area contributed by atoms with Crippen molar-refractivity contribution in [1.82, 2.24) is 0 Å². The van der Waals surface area contributed by atoms with E-state index in [2.05, 4.69) is 0 Å². The van der Waals surface area contributed by atoms with Crippen molar-refractivity contribution in [3.8, 4) is 33.4 Å². The van der Waals surface area contributed by atoms with Crippen LogP contribution in [0, 0.1) is 0 Å². The predicted octanol–water partition coefficient (Wildman–Crippen LogP) is 5.06. The molecule has 6 aromatic rings. The van der Waals surface area contributed by atoms with E-state index in [1.54, 1.807) is 0 Å². The first-order chi connectivity index (χ1) is 23.7. The Morgan fingerprint density at radius 1 is 0.314 bits per heavy atom. The largest absolute Gasteiger partial charge is 2.00 e. The van der Waals surface area contributed by atoms with E-state index in [1.165, 1.54) is 0 Å². The van der Waals surface area contributed by atoms with Gasteiger partial charge in [-0.3, -0.25) is 0 Å². The Balaban J connectivity index is 0.000000343. The summed E-state index contributed by atoms with van der Waals surface area (Å²) in [6.45, 7) is 1.94. The second-order valence-corrected chi connectivity index (χ2v) is 10.7. The summed E-state index contributed by atoms with van der Waals surface area (Å²) in [4.78, 5) is 17.8. The van der Waals surface area contributed by atoms with Crippen molar-refractivity contribution < 1.29 is 40.2 Å². The molecule has 0 amide bonds. The van der Waals surface area contributed by atoms with Crippen molar-refractivity contribution in [2.24, 2.45) is 0 Å². The average Bonchev–Trinajstić information content (AvgIpc) is 3.07. The number of benzene rings is 6. The van der Waals surface area contributed by atoms with Gasteiger partial charge in [0.2, 0.25) is 0 Å². The van der Waals surface area contributed by atoms with Gasteiger partial charge in [0.25, 0.3) is 0 Å². The van der Waals surface area contributed by atoms with E-state index < -0.39 is 11.9 Å². The molecule has 0 aliphatic rings. The molecule has 266 valence electrons. The van der Waals surface area contributed by atoms with E-state index in [-0.39, 0.29) is 20.4 Å². The summed E-state index contributed by atoms with van der Waals surface area (Å²) in [5.74, 6) is -2.17. The second-order valence-electron chi connectivity index (χ2n) is 10.7. The molecule has 6 rings (SSSR count). The molecule has 0 fully saturated rings. The molecule has 0 bridgehead atoms. The maximum absolute atomic E-state index is 8.89. The molecule has 0 saturated carbocycles. The molecule has 0 atom stereocenters. The molecule has 11 heteroatoms. The van der Waals surface area contributed by atoms with Crippen LogP contribution in [0.2, 0.25) is 0 Å². The Labute approximate surface area is 312 Å². The van der Waals surface area contributed by atoms with Gasteiger partial charge in [-0.05, 0) is 120 Å². The smallest absolute Gasteiger partial charge is 0.550 e. The summed E-state index contributed by atoms with van der Waals surface area (Å²) in [5.41, 5.74) is 45.3. The third kappa shape index (κ3) is 17.6. The first kappa shape index (κ1) is 42.7. The van der Waals surface area contributed by atoms with Crippen molar-refractivity contribution in [3.63, 3.8) is 0 Å². The minimum atomic E-state index is -1.08. The Kier molecular flexibility index (Phi) is 18.8. The number of hydrogen-bond donors (Lipinski definition) is 6. The number of aliphatic carboxylic acids is 2. The molecule has 0 unspecified atom stereocenters. The molecule has 51 heavy (non-hydrogen) atoms. The van der Waals surface area contributed by atoms with Gasteiger partial charge in [-0.15, -0.1) is 0 Å². The zero-order valence-corrected chi connectivity index (χ0v) is 29.8. The van der Waals surface area contributed by atoms with Crippen LogP contribution < -0.4 is 44.6 Å². The number of nitrogens with two attached hydrogens (primary N) is 6. The van der Waals surface area contributed by atoms with Crippen LogP contribution in [0.1, 0.15) is 13.8 Å². The van der Waals surface area contributed by atoms with Gasteiger partial charge >= 0.3 is 20.4 Å². The summed E-state index contributed by atoms with van der Waals surface area (Å²) < 4.78 is 0. The van der Waals surface area contributed by atoms with Gasteiger partial charge in [0.1, 0.15) is 0 Å². The van der Waals surface area contributed by atoms with Crippen molar-refractivity contribution in [2.75, 3.05) is 34.4 Å². The van der Waals surface area contributed by atoms with Gasteiger partial charge in [0.05, 0.1) is 0 Å². The van der Waals surface area contributed by atoms with Crippen molar-refractivity contribution >= 4 is 46.1 Å². The molecule has 0 saturated heterocycles. The Morgan fingerprint density at radius 2 is 0.392 bits per heavy atom. The van der Waals surface area contributed by atoms with E-state index in [0.29, 0.717) is 0 Å². The topological polar surface area (TPSA) is 236 Å². The molecule has 0 radical (unpaired) electrons. The number of rotatable bonds is 3. The Hall–Kier alpha value is -6.28. The first-order valence-electron chi connectivity index (χ1n) is 15.2. The first-order valence-corrected chi connectivity index (χ1v) is 15.2. The number of carbonyl (C=O) groups excluding carboxylic acids is 2. The number of anilines is 6. The molecule has 0 aliphatic heterocycles. The Morgan fingerprint density at radius 3 is 0.471 bits per heavy atom. The third-order valence-corrected chi connectivity index (χ3v) is 6.46. The van der Waals surface area contributed by atoms with Crippen LogP contribution in [0.3, 0.4) is 0 Å². The number of hydrogen-bond acceptors (Lipinski definition) is 10. The molecule has 0 heterocycles. The molecule has 6 aromatic carbocycles. The SMILES string of the molecule is CC(=O)[O-].CC(=O)[O-].Nc1ccc(-c2ccc(N)cc2)cc1.Nc1ccc(-c2ccc(N)cc2)cc1.Nc1ccc(-c2ccc(N)cc2)cc1.[Pd+2]. The molecule has 12 N–H and O–H groups in total. The fourth-order valence-electron chi connectivity index (χ4n) is 4.05. The van der Waals surface area contributed by atoms with E-state index in [0.717, 1.165) is 81.4 Å². The normalized spacial score (nSPS) is 9.22. The molecule has 0 aromatic heterocycles. The summed E-state index contributed by atoms with van der Waals surface area (Å²) >= 11 is 0. The van der Waals surface area contributed by atoms with E-state index in [4.69, 9.17) is 54.2 Å². The molecular formula is C40H42N6O4Pd. The van der Waals surface area contributed by atoms with E-state index >= 15 is 0 Å². The average molecular weight is 777 g/mol. The number of carbonyl (C=O) groups is 2. The predicted molar refractivity (Wildman–Crippen MR) is 203 cm³/mol. The zero-order chi connectivity index (χ0) is 37.1. The molecule has 0 spiro atoms. The van der Waals surface area contributed by atoms with Crippen LogP contribution in [-0.2, 0) is 30.0 Å². The van der Waals surface area contributed by atoms with Gasteiger partial charge < -0.3 is 54.2 Å². The maximum Gasteiger partial charge on any atom is 2.00 e. The number of carboxylic acids is 2. The van der Waals surface area contributed by atoms with Gasteiger partial charge in [0, 0.05) is 46.1 Å². The van der Waals surface area contributed by atoms with Crippen LogP contribution in [0.5, 0.6) is 0 Å². The molecule has 0 aliphatic carbocycles. The Bertz CT molecular complexity index is 1530. The van der Waals surface area contributed by atoms with Gasteiger partial charge in [-0.25, -0.2) is 0 Å². The fourth-order valence-corrected chi connectivity index (χ4v) is 4.05. The second kappa shape index (κ2) is 22.4. The minimum absolute atomic E-state index is 0. The van der Waals surface area contributed by atoms with Crippen molar-refractivity contribution in [3.05, 3.63) is 146 Å². The molecular weight excluding hydrogens is 735 g/mol. The van der Waals surface area contributed by atoms with Crippen LogP contribution in [0.15, 0.2) is 146 Å². The van der Waals surface area contributed by atoms with E-state index in [9.17, 15) is 0 Å². The van der Waals surface area contributed by atoms with E-state index in [1.807, 2.05) is 146 Å². The van der Waals surface area contributed by atoms with Crippen LogP contribution in [0.4, 0.5) is 34.1 Å². The molecule has 10 nitrogen and oxygen atoms in total. The van der Waals surface area contributed by atoms with Crippen molar-refractivity contribution in [2.45, 2.75) is 13.8 Å². The fraction of sp³-hybridized carbons (Fsp3) is 0.0500. The number of nitrogen functional groups attached to an aromatic ring is 6. The quantitative estimate of drug-likeness (QED) is 0.103. The monoisotopic (exact) mass is 776 g/mol.